The molecule has 2 N–H and O–H groups in total. The molecule has 0 bridgehead atoms. The predicted octanol–water partition coefficient (Wildman–Crippen LogP) is 2.35. The Hall–Kier alpha value is -1.77. The third kappa shape index (κ3) is 2.87. The first-order valence-corrected chi connectivity index (χ1v) is 6.05. The van der Waals surface area contributed by atoms with Gasteiger partial charge in [0.15, 0.2) is 0 Å². The Balaban J connectivity index is 1.97. The van der Waals surface area contributed by atoms with Crippen LogP contribution in [0.15, 0.2) is 30.3 Å². The Morgan fingerprint density at radius 1 is 1.12 bits per heavy atom. The molecule has 0 spiro atoms. The molecule has 1 aromatic carbocycles. The van der Waals surface area contributed by atoms with E-state index in [0.717, 1.165) is 30.8 Å². The lowest BCUT2D eigenvalue weighted by atomic mass is 10.1. The van der Waals surface area contributed by atoms with Crippen molar-refractivity contribution in [1.82, 2.24) is 9.78 Å². The summed E-state index contributed by atoms with van der Waals surface area (Å²) in [5.74, 6) is 0.723. The van der Waals surface area contributed by atoms with E-state index in [9.17, 15) is 0 Å². The van der Waals surface area contributed by atoms with Crippen molar-refractivity contribution in [1.29, 1.82) is 0 Å². The monoisotopic (exact) mass is 229 g/mol. The molecule has 0 fully saturated rings. The number of hydrogen-bond acceptors (Lipinski definition) is 2. The SMILES string of the molecule is CCc1ccc(CCc2cc(N)n(C)n2)cc1. The van der Waals surface area contributed by atoms with E-state index in [1.54, 1.807) is 4.68 Å². The van der Waals surface area contributed by atoms with Gasteiger partial charge in [-0.1, -0.05) is 31.2 Å². The van der Waals surface area contributed by atoms with Crippen LogP contribution in [0.5, 0.6) is 0 Å². The standard InChI is InChI=1S/C14H19N3/c1-3-11-4-6-12(7-5-11)8-9-13-10-14(15)17(2)16-13/h4-7,10H,3,8-9,15H2,1-2H3. The molecule has 0 aliphatic rings. The summed E-state index contributed by atoms with van der Waals surface area (Å²) in [6, 6.07) is 10.7. The van der Waals surface area contributed by atoms with Crippen molar-refractivity contribution >= 4 is 5.82 Å². The van der Waals surface area contributed by atoms with E-state index in [1.807, 2.05) is 13.1 Å². The molecule has 0 atom stereocenters. The average molecular weight is 229 g/mol. The highest BCUT2D eigenvalue weighted by Gasteiger charge is 2.02. The summed E-state index contributed by atoms with van der Waals surface area (Å²) >= 11 is 0. The highest BCUT2D eigenvalue weighted by atomic mass is 15.3. The molecule has 0 radical (unpaired) electrons. The first-order valence-electron chi connectivity index (χ1n) is 6.05. The predicted molar refractivity (Wildman–Crippen MR) is 70.8 cm³/mol. The molecule has 1 aromatic heterocycles. The Morgan fingerprint density at radius 3 is 2.29 bits per heavy atom. The van der Waals surface area contributed by atoms with Gasteiger partial charge in [0.05, 0.1) is 5.69 Å². The van der Waals surface area contributed by atoms with Crippen LogP contribution in [-0.2, 0) is 26.3 Å². The van der Waals surface area contributed by atoms with Gasteiger partial charge in [-0.25, -0.2) is 0 Å². The maximum absolute atomic E-state index is 5.75. The second-order valence-corrected chi connectivity index (χ2v) is 4.35. The molecule has 3 nitrogen and oxygen atoms in total. The van der Waals surface area contributed by atoms with Crippen molar-refractivity contribution in [2.24, 2.45) is 7.05 Å². The summed E-state index contributed by atoms with van der Waals surface area (Å²) in [6.45, 7) is 2.17. The van der Waals surface area contributed by atoms with Crippen LogP contribution in [0.1, 0.15) is 23.7 Å². The van der Waals surface area contributed by atoms with Gasteiger partial charge >= 0.3 is 0 Å². The normalized spacial score (nSPS) is 10.7. The molecule has 0 aliphatic heterocycles. The Labute approximate surface area is 102 Å². The first kappa shape index (κ1) is 11.7. The highest BCUT2D eigenvalue weighted by molar-refractivity contribution is 5.31. The van der Waals surface area contributed by atoms with E-state index in [0.29, 0.717) is 0 Å². The number of rotatable bonds is 4. The van der Waals surface area contributed by atoms with Crippen LogP contribution in [0.3, 0.4) is 0 Å². The zero-order chi connectivity index (χ0) is 12.3. The summed E-state index contributed by atoms with van der Waals surface area (Å²) in [4.78, 5) is 0. The first-order chi connectivity index (χ1) is 8.19. The molecular weight excluding hydrogens is 210 g/mol. The van der Waals surface area contributed by atoms with E-state index in [2.05, 4.69) is 36.3 Å². The third-order valence-corrected chi connectivity index (χ3v) is 3.07. The van der Waals surface area contributed by atoms with Crippen molar-refractivity contribution in [3.8, 4) is 0 Å². The molecule has 0 saturated heterocycles. The summed E-state index contributed by atoms with van der Waals surface area (Å²) < 4.78 is 1.72. The largest absolute Gasteiger partial charge is 0.384 e. The minimum absolute atomic E-state index is 0.723. The van der Waals surface area contributed by atoms with Crippen LogP contribution >= 0.6 is 0 Å². The maximum atomic E-state index is 5.75. The number of aryl methyl sites for hydroxylation is 4. The minimum atomic E-state index is 0.723. The van der Waals surface area contributed by atoms with Crippen molar-refractivity contribution in [3.63, 3.8) is 0 Å². The van der Waals surface area contributed by atoms with Crippen LogP contribution < -0.4 is 5.73 Å². The number of nitrogens with two attached hydrogens (primary N) is 1. The van der Waals surface area contributed by atoms with Gasteiger partial charge in [0.2, 0.25) is 0 Å². The van der Waals surface area contributed by atoms with Gasteiger partial charge in [-0.3, -0.25) is 4.68 Å². The topological polar surface area (TPSA) is 43.8 Å². The quantitative estimate of drug-likeness (QED) is 0.874. The smallest absolute Gasteiger partial charge is 0.121 e. The fourth-order valence-corrected chi connectivity index (χ4v) is 1.88. The van der Waals surface area contributed by atoms with Gasteiger partial charge in [0, 0.05) is 13.1 Å². The summed E-state index contributed by atoms with van der Waals surface area (Å²) in [5, 5.41) is 4.35. The molecule has 0 saturated carbocycles. The number of anilines is 1. The molecule has 0 aliphatic carbocycles. The molecule has 2 aromatic rings. The molecular formula is C14H19N3. The van der Waals surface area contributed by atoms with E-state index in [4.69, 9.17) is 5.73 Å². The maximum Gasteiger partial charge on any atom is 0.121 e. The van der Waals surface area contributed by atoms with Crippen molar-refractivity contribution in [2.45, 2.75) is 26.2 Å². The van der Waals surface area contributed by atoms with Gasteiger partial charge in [-0.15, -0.1) is 0 Å². The molecule has 3 heteroatoms. The summed E-state index contributed by atoms with van der Waals surface area (Å²) in [5.41, 5.74) is 9.55. The number of nitrogen functional groups attached to an aromatic ring is 1. The zero-order valence-electron chi connectivity index (χ0n) is 10.5. The van der Waals surface area contributed by atoms with Crippen LogP contribution in [0.2, 0.25) is 0 Å². The molecule has 0 unspecified atom stereocenters. The lowest BCUT2D eigenvalue weighted by Crippen LogP contribution is -1.97. The Morgan fingerprint density at radius 2 is 1.76 bits per heavy atom. The van der Waals surface area contributed by atoms with E-state index in [-0.39, 0.29) is 0 Å². The van der Waals surface area contributed by atoms with Crippen molar-refractivity contribution in [2.75, 3.05) is 5.73 Å². The second-order valence-electron chi connectivity index (χ2n) is 4.35. The number of aromatic nitrogens is 2. The number of benzene rings is 1. The van der Waals surface area contributed by atoms with Crippen LogP contribution in [0, 0.1) is 0 Å². The fraction of sp³-hybridized carbons (Fsp3) is 0.357. The van der Waals surface area contributed by atoms with Gasteiger partial charge in [0.25, 0.3) is 0 Å². The zero-order valence-corrected chi connectivity index (χ0v) is 10.5. The van der Waals surface area contributed by atoms with E-state index >= 15 is 0 Å². The van der Waals surface area contributed by atoms with Gasteiger partial charge < -0.3 is 5.73 Å². The Bertz CT molecular complexity index is 463. The minimum Gasteiger partial charge on any atom is -0.384 e. The lowest BCUT2D eigenvalue weighted by Gasteiger charge is -2.01. The van der Waals surface area contributed by atoms with Gasteiger partial charge in [-0.2, -0.15) is 5.10 Å². The molecule has 90 valence electrons. The van der Waals surface area contributed by atoms with Gasteiger partial charge in [0.1, 0.15) is 5.82 Å². The summed E-state index contributed by atoms with van der Waals surface area (Å²) in [6.07, 6.45) is 3.05. The lowest BCUT2D eigenvalue weighted by molar-refractivity contribution is 0.745. The fourth-order valence-electron chi connectivity index (χ4n) is 1.88. The van der Waals surface area contributed by atoms with E-state index in [1.165, 1.54) is 11.1 Å². The second kappa shape index (κ2) is 5.04. The van der Waals surface area contributed by atoms with Crippen LogP contribution in [-0.4, -0.2) is 9.78 Å². The van der Waals surface area contributed by atoms with Crippen LogP contribution in [0.4, 0.5) is 5.82 Å². The third-order valence-electron chi connectivity index (χ3n) is 3.07. The molecule has 1 heterocycles. The molecule has 17 heavy (non-hydrogen) atoms. The number of hydrogen-bond donors (Lipinski definition) is 1. The average Bonchev–Trinajstić information content (AvgIpc) is 2.67. The van der Waals surface area contributed by atoms with Crippen molar-refractivity contribution < 1.29 is 0 Å². The van der Waals surface area contributed by atoms with E-state index < -0.39 is 0 Å². The summed E-state index contributed by atoms with van der Waals surface area (Å²) in [7, 11) is 1.87. The highest BCUT2D eigenvalue weighted by Crippen LogP contribution is 2.10. The van der Waals surface area contributed by atoms with Crippen LogP contribution in [0.25, 0.3) is 0 Å². The Kier molecular flexibility index (Phi) is 3.47. The van der Waals surface area contributed by atoms with Crippen molar-refractivity contribution in [3.05, 3.63) is 47.2 Å². The van der Waals surface area contributed by atoms with Gasteiger partial charge in [-0.05, 0) is 30.4 Å². The number of nitrogens with zero attached hydrogens (tertiary/aromatic N) is 2. The molecule has 0 amide bonds. The molecule has 2 rings (SSSR count).